The number of alkyl carbamates (subject to hydrolysis) is 1. The van der Waals surface area contributed by atoms with Crippen LogP contribution >= 0.6 is 0 Å². The van der Waals surface area contributed by atoms with Crippen LogP contribution in [-0.2, 0) is 27.2 Å². The number of methoxy groups -OCH3 is 1. The Labute approximate surface area is 169 Å². The zero-order chi connectivity index (χ0) is 21.4. The SMILES string of the molecule is CCOC(=O)c1[nH]c(C)c(C(=O)OC)c1C[C@H](C)NC(=O)OCc1ccccc1. The molecule has 2 aromatic rings. The van der Waals surface area contributed by atoms with E-state index in [1.165, 1.54) is 7.11 Å². The van der Waals surface area contributed by atoms with E-state index in [2.05, 4.69) is 10.3 Å². The van der Waals surface area contributed by atoms with Gasteiger partial charge in [0.25, 0.3) is 0 Å². The first-order valence-corrected chi connectivity index (χ1v) is 9.31. The van der Waals surface area contributed by atoms with Gasteiger partial charge in [0.1, 0.15) is 12.3 Å². The highest BCUT2D eigenvalue weighted by Gasteiger charge is 2.27. The van der Waals surface area contributed by atoms with Crippen molar-refractivity contribution in [2.24, 2.45) is 0 Å². The number of aromatic amines is 1. The summed E-state index contributed by atoms with van der Waals surface area (Å²) in [6, 6.07) is 8.90. The predicted molar refractivity (Wildman–Crippen MR) is 106 cm³/mol. The molecule has 0 aliphatic rings. The zero-order valence-electron chi connectivity index (χ0n) is 17.0. The summed E-state index contributed by atoms with van der Waals surface area (Å²) in [5.74, 6) is -1.14. The van der Waals surface area contributed by atoms with Gasteiger partial charge in [-0.25, -0.2) is 14.4 Å². The molecule has 1 amide bonds. The van der Waals surface area contributed by atoms with Crippen LogP contribution in [0.25, 0.3) is 0 Å². The molecule has 0 aliphatic carbocycles. The molecule has 0 fully saturated rings. The van der Waals surface area contributed by atoms with Gasteiger partial charge in [-0.05, 0) is 32.8 Å². The topological polar surface area (TPSA) is 107 Å². The average molecular weight is 402 g/mol. The van der Waals surface area contributed by atoms with E-state index < -0.39 is 24.1 Å². The van der Waals surface area contributed by atoms with E-state index in [1.807, 2.05) is 30.3 Å². The van der Waals surface area contributed by atoms with Crippen molar-refractivity contribution in [1.29, 1.82) is 0 Å². The van der Waals surface area contributed by atoms with Crippen molar-refractivity contribution < 1.29 is 28.6 Å². The van der Waals surface area contributed by atoms with Crippen LogP contribution in [0.2, 0.25) is 0 Å². The van der Waals surface area contributed by atoms with E-state index in [0.717, 1.165) is 5.56 Å². The lowest BCUT2D eigenvalue weighted by Crippen LogP contribution is -2.35. The summed E-state index contributed by atoms with van der Waals surface area (Å²) in [6.45, 7) is 5.46. The highest BCUT2D eigenvalue weighted by atomic mass is 16.5. The summed E-state index contributed by atoms with van der Waals surface area (Å²) in [7, 11) is 1.27. The highest BCUT2D eigenvalue weighted by molar-refractivity contribution is 5.98. The fraction of sp³-hybridized carbons (Fsp3) is 0.381. The Balaban J connectivity index is 2.11. The molecule has 29 heavy (non-hydrogen) atoms. The van der Waals surface area contributed by atoms with Crippen LogP contribution in [0.5, 0.6) is 0 Å². The van der Waals surface area contributed by atoms with E-state index >= 15 is 0 Å². The van der Waals surface area contributed by atoms with Crippen LogP contribution in [-0.4, -0.2) is 42.8 Å². The molecule has 1 aromatic carbocycles. The van der Waals surface area contributed by atoms with Crippen LogP contribution < -0.4 is 5.32 Å². The number of nitrogens with one attached hydrogen (secondary N) is 2. The number of ether oxygens (including phenoxy) is 3. The third kappa shape index (κ3) is 5.84. The van der Waals surface area contributed by atoms with E-state index in [-0.39, 0.29) is 30.9 Å². The summed E-state index contributed by atoms with van der Waals surface area (Å²) in [5.41, 5.74) is 2.24. The average Bonchev–Trinajstić information content (AvgIpc) is 3.02. The summed E-state index contributed by atoms with van der Waals surface area (Å²) in [6.07, 6.45) is -0.380. The number of aromatic nitrogens is 1. The maximum Gasteiger partial charge on any atom is 0.407 e. The second kappa shape index (κ2) is 10.3. The van der Waals surface area contributed by atoms with E-state index in [9.17, 15) is 14.4 Å². The molecule has 0 saturated heterocycles. The molecule has 0 unspecified atom stereocenters. The fourth-order valence-corrected chi connectivity index (χ4v) is 2.96. The van der Waals surface area contributed by atoms with Crippen molar-refractivity contribution in [2.45, 2.75) is 39.8 Å². The molecular formula is C21H26N2O6. The van der Waals surface area contributed by atoms with Crippen molar-refractivity contribution in [2.75, 3.05) is 13.7 Å². The van der Waals surface area contributed by atoms with Crippen LogP contribution in [0.15, 0.2) is 30.3 Å². The first-order valence-electron chi connectivity index (χ1n) is 9.31. The zero-order valence-corrected chi connectivity index (χ0v) is 17.0. The number of benzene rings is 1. The Kier molecular flexibility index (Phi) is 7.82. The number of hydrogen-bond acceptors (Lipinski definition) is 6. The van der Waals surface area contributed by atoms with E-state index in [0.29, 0.717) is 11.3 Å². The van der Waals surface area contributed by atoms with Crippen molar-refractivity contribution >= 4 is 18.0 Å². The lowest BCUT2D eigenvalue weighted by molar-refractivity contribution is 0.0518. The highest BCUT2D eigenvalue weighted by Crippen LogP contribution is 2.22. The van der Waals surface area contributed by atoms with Gasteiger partial charge in [-0.1, -0.05) is 30.3 Å². The largest absolute Gasteiger partial charge is 0.465 e. The lowest BCUT2D eigenvalue weighted by Gasteiger charge is -2.15. The molecule has 0 spiro atoms. The summed E-state index contributed by atoms with van der Waals surface area (Å²) >= 11 is 0. The second-order valence-corrected chi connectivity index (χ2v) is 6.50. The minimum absolute atomic E-state index is 0.143. The van der Waals surface area contributed by atoms with Gasteiger partial charge >= 0.3 is 18.0 Å². The Morgan fingerprint density at radius 2 is 1.79 bits per heavy atom. The summed E-state index contributed by atoms with van der Waals surface area (Å²) in [5, 5.41) is 2.71. The maximum atomic E-state index is 12.3. The number of carbonyl (C=O) groups is 3. The Morgan fingerprint density at radius 1 is 1.10 bits per heavy atom. The molecule has 1 heterocycles. The molecular weight excluding hydrogens is 376 g/mol. The molecule has 8 nitrogen and oxygen atoms in total. The number of carbonyl (C=O) groups excluding carboxylic acids is 3. The molecule has 1 aromatic heterocycles. The van der Waals surface area contributed by atoms with Crippen LogP contribution in [0.4, 0.5) is 4.79 Å². The molecule has 0 bridgehead atoms. The quantitative estimate of drug-likeness (QED) is 0.519. The van der Waals surface area contributed by atoms with Gasteiger partial charge in [0.05, 0.1) is 19.3 Å². The van der Waals surface area contributed by atoms with Gasteiger partial charge in [0, 0.05) is 17.3 Å². The molecule has 0 saturated carbocycles. The molecule has 2 rings (SSSR count). The van der Waals surface area contributed by atoms with Gasteiger partial charge in [0.15, 0.2) is 0 Å². The second-order valence-electron chi connectivity index (χ2n) is 6.50. The molecule has 1 atom stereocenters. The number of aryl methyl sites for hydroxylation is 1. The van der Waals surface area contributed by atoms with E-state index in [1.54, 1.807) is 20.8 Å². The van der Waals surface area contributed by atoms with Crippen molar-refractivity contribution in [3.8, 4) is 0 Å². The minimum Gasteiger partial charge on any atom is -0.465 e. The van der Waals surface area contributed by atoms with Crippen LogP contribution in [0, 0.1) is 6.92 Å². The molecule has 0 aliphatic heterocycles. The normalized spacial score (nSPS) is 11.4. The summed E-state index contributed by atoms with van der Waals surface area (Å²) in [4.78, 5) is 39.5. The van der Waals surface area contributed by atoms with Crippen molar-refractivity contribution in [3.05, 3.63) is 58.4 Å². The minimum atomic E-state index is -0.592. The van der Waals surface area contributed by atoms with Crippen molar-refractivity contribution in [3.63, 3.8) is 0 Å². The Morgan fingerprint density at radius 3 is 2.41 bits per heavy atom. The first kappa shape index (κ1) is 22.0. The van der Waals surface area contributed by atoms with Gasteiger partial charge < -0.3 is 24.5 Å². The van der Waals surface area contributed by atoms with Gasteiger partial charge in [-0.2, -0.15) is 0 Å². The Bertz CT molecular complexity index is 860. The number of H-pyrrole nitrogens is 1. The molecule has 2 N–H and O–H groups in total. The molecule has 0 radical (unpaired) electrons. The van der Waals surface area contributed by atoms with Crippen LogP contribution in [0.3, 0.4) is 0 Å². The fourth-order valence-electron chi connectivity index (χ4n) is 2.96. The van der Waals surface area contributed by atoms with Gasteiger partial charge in [0.2, 0.25) is 0 Å². The van der Waals surface area contributed by atoms with E-state index in [4.69, 9.17) is 14.2 Å². The number of esters is 2. The van der Waals surface area contributed by atoms with Gasteiger partial charge in [-0.3, -0.25) is 0 Å². The standard InChI is InChI=1S/C21H26N2O6/c1-5-28-20(25)18-16(17(14(3)23-18)19(24)27-4)11-13(2)22-21(26)29-12-15-9-7-6-8-10-15/h6-10,13,23H,5,11-12H2,1-4H3,(H,22,26)/t13-/m0/s1. The van der Waals surface area contributed by atoms with Crippen LogP contribution in [0.1, 0.15) is 51.5 Å². The lowest BCUT2D eigenvalue weighted by atomic mass is 10.0. The number of hydrogen-bond donors (Lipinski definition) is 2. The molecule has 8 heteroatoms. The smallest absolute Gasteiger partial charge is 0.407 e. The third-order valence-electron chi connectivity index (χ3n) is 4.25. The van der Waals surface area contributed by atoms with Gasteiger partial charge in [-0.15, -0.1) is 0 Å². The number of rotatable bonds is 8. The molecule has 156 valence electrons. The predicted octanol–water partition coefficient (Wildman–Crippen LogP) is 3.14. The third-order valence-corrected chi connectivity index (χ3v) is 4.25. The number of amides is 1. The van der Waals surface area contributed by atoms with Crippen molar-refractivity contribution in [1.82, 2.24) is 10.3 Å². The maximum absolute atomic E-state index is 12.3. The monoisotopic (exact) mass is 402 g/mol. The summed E-state index contributed by atoms with van der Waals surface area (Å²) < 4.78 is 15.1. The Hall–Kier alpha value is -3.29. The first-order chi connectivity index (χ1) is 13.9.